The molecular weight excluding hydrogens is 310 g/mol. The SMILES string of the molecule is O=C(Nc1nc2ccc([N+](=O)[O-])cc2s1)c1ccc(=O)[nH]n1. The largest absolute Gasteiger partial charge is 0.296 e. The van der Waals surface area contributed by atoms with Crippen molar-refractivity contribution < 1.29 is 9.72 Å². The Bertz CT molecular complexity index is 928. The zero-order valence-electron chi connectivity index (χ0n) is 10.8. The maximum Gasteiger partial charge on any atom is 0.277 e. The van der Waals surface area contributed by atoms with E-state index in [-0.39, 0.29) is 16.5 Å². The van der Waals surface area contributed by atoms with Crippen LogP contribution in [0.4, 0.5) is 10.8 Å². The molecule has 2 N–H and O–H groups in total. The van der Waals surface area contributed by atoms with Crippen LogP contribution in [0, 0.1) is 10.1 Å². The Morgan fingerprint density at radius 3 is 2.82 bits per heavy atom. The second-order valence-corrected chi connectivity index (χ2v) is 5.22. The number of aromatic amines is 1. The van der Waals surface area contributed by atoms with Crippen LogP contribution in [0.3, 0.4) is 0 Å². The van der Waals surface area contributed by atoms with Crippen LogP contribution in [0.25, 0.3) is 10.2 Å². The number of benzene rings is 1. The van der Waals surface area contributed by atoms with Crippen molar-refractivity contribution in [2.45, 2.75) is 0 Å². The number of carbonyl (C=O) groups excluding carboxylic acids is 1. The van der Waals surface area contributed by atoms with Gasteiger partial charge in [0, 0.05) is 18.2 Å². The molecule has 0 spiro atoms. The summed E-state index contributed by atoms with van der Waals surface area (Å²) in [5.41, 5.74) is 0.116. The van der Waals surface area contributed by atoms with Gasteiger partial charge in [-0.25, -0.2) is 10.1 Å². The summed E-state index contributed by atoms with van der Waals surface area (Å²) < 4.78 is 0.582. The number of amides is 1. The summed E-state index contributed by atoms with van der Waals surface area (Å²) in [4.78, 5) is 37.2. The van der Waals surface area contributed by atoms with Gasteiger partial charge in [-0.05, 0) is 12.1 Å². The third kappa shape index (κ3) is 2.67. The van der Waals surface area contributed by atoms with Crippen LogP contribution in [-0.2, 0) is 0 Å². The van der Waals surface area contributed by atoms with Crippen LogP contribution >= 0.6 is 11.3 Å². The van der Waals surface area contributed by atoms with Gasteiger partial charge >= 0.3 is 0 Å². The second kappa shape index (κ2) is 5.33. The highest BCUT2D eigenvalue weighted by atomic mass is 32.1. The second-order valence-electron chi connectivity index (χ2n) is 4.19. The maximum absolute atomic E-state index is 11.9. The number of rotatable bonds is 3. The van der Waals surface area contributed by atoms with E-state index in [9.17, 15) is 19.7 Å². The number of hydrogen-bond acceptors (Lipinski definition) is 7. The van der Waals surface area contributed by atoms with E-state index in [1.165, 1.54) is 30.3 Å². The molecule has 110 valence electrons. The fraction of sp³-hybridized carbons (Fsp3) is 0. The molecule has 3 rings (SSSR count). The number of aromatic nitrogens is 3. The van der Waals surface area contributed by atoms with Gasteiger partial charge in [0.25, 0.3) is 17.2 Å². The first-order valence-electron chi connectivity index (χ1n) is 5.95. The van der Waals surface area contributed by atoms with Gasteiger partial charge in [-0.15, -0.1) is 0 Å². The Balaban J connectivity index is 1.87. The third-order valence-electron chi connectivity index (χ3n) is 2.72. The van der Waals surface area contributed by atoms with Gasteiger partial charge in [0.1, 0.15) is 5.69 Å². The number of nitrogens with zero attached hydrogens (tertiary/aromatic N) is 3. The van der Waals surface area contributed by atoms with Gasteiger partial charge in [0.2, 0.25) is 0 Å². The number of nitrogens with one attached hydrogen (secondary N) is 2. The Morgan fingerprint density at radius 2 is 2.14 bits per heavy atom. The van der Waals surface area contributed by atoms with Gasteiger partial charge in [0.05, 0.1) is 15.1 Å². The highest BCUT2D eigenvalue weighted by Crippen LogP contribution is 2.29. The Morgan fingerprint density at radius 1 is 1.32 bits per heavy atom. The summed E-state index contributed by atoms with van der Waals surface area (Å²) in [6.07, 6.45) is 0. The summed E-state index contributed by atoms with van der Waals surface area (Å²) >= 11 is 1.11. The van der Waals surface area contributed by atoms with E-state index in [0.717, 1.165) is 11.3 Å². The molecule has 2 aromatic heterocycles. The summed E-state index contributed by atoms with van der Waals surface area (Å²) in [7, 11) is 0. The van der Waals surface area contributed by atoms with E-state index in [1.54, 1.807) is 0 Å². The van der Waals surface area contributed by atoms with E-state index >= 15 is 0 Å². The number of thiazole rings is 1. The van der Waals surface area contributed by atoms with E-state index in [0.29, 0.717) is 10.2 Å². The van der Waals surface area contributed by atoms with Crippen LogP contribution in [0.2, 0.25) is 0 Å². The molecule has 10 heteroatoms. The molecule has 0 radical (unpaired) electrons. The van der Waals surface area contributed by atoms with Crippen LogP contribution in [-0.4, -0.2) is 26.0 Å². The predicted molar refractivity (Wildman–Crippen MR) is 79.1 cm³/mol. The molecule has 9 nitrogen and oxygen atoms in total. The van der Waals surface area contributed by atoms with Gasteiger partial charge < -0.3 is 0 Å². The zero-order chi connectivity index (χ0) is 15.7. The normalized spacial score (nSPS) is 10.5. The van der Waals surface area contributed by atoms with Crippen molar-refractivity contribution >= 4 is 38.3 Å². The molecule has 0 aliphatic heterocycles. The molecule has 0 saturated heterocycles. The quantitative estimate of drug-likeness (QED) is 0.556. The van der Waals surface area contributed by atoms with Crippen molar-refractivity contribution in [2.24, 2.45) is 0 Å². The molecule has 2 heterocycles. The molecule has 0 fully saturated rings. The Kier molecular flexibility index (Phi) is 3.35. The molecular formula is C12H7N5O4S. The number of anilines is 1. The van der Waals surface area contributed by atoms with Crippen LogP contribution in [0.5, 0.6) is 0 Å². The molecule has 0 bridgehead atoms. The standard InChI is InChI=1S/C12H7N5O4S/c18-10-4-3-8(15-16-10)11(19)14-12-13-7-2-1-6(17(20)21)5-9(7)22-12/h1-5H,(H,16,18)(H,13,14,19). The van der Waals surface area contributed by atoms with Gasteiger partial charge in [-0.1, -0.05) is 11.3 Å². The number of H-pyrrole nitrogens is 1. The van der Waals surface area contributed by atoms with Gasteiger partial charge in [0.15, 0.2) is 5.13 Å². The van der Waals surface area contributed by atoms with E-state index < -0.39 is 16.4 Å². The lowest BCUT2D eigenvalue weighted by Gasteiger charge is -1.98. The monoisotopic (exact) mass is 317 g/mol. The van der Waals surface area contributed by atoms with Crippen LogP contribution in [0.1, 0.15) is 10.5 Å². The molecule has 0 unspecified atom stereocenters. The number of hydrogen-bond donors (Lipinski definition) is 2. The molecule has 1 aromatic carbocycles. The van der Waals surface area contributed by atoms with E-state index in [2.05, 4.69) is 20.5 Å². The Labute approximate surface area is 125 Å². The predicted octanol–water partition coefficient (Wildman–Crippen LogP) is 1.54. The molecule has 0 aliphatic carbocycles. The van der Waals surface area contributed by atoms with Crippen molar-refractivity contribution in [3.8, 4) is 0 Å². The lowest BCUT2D eigenvalue weighted by Crippen LogP contribution is -2.17. The van der Waals surface area contributed by atoms with Crippen molar-refractivity contribution in [1.29, 1.82) is 0 Å². The number of non-ortho nitro benzene ring substituents is 1. The molecule has 3 aromatic rings. The number of carbonyl (C=O) groups is 1. The van der Waals surface area contributed by atoms with Gasteiger partial charge in [-0.3, -0.25) is 25.0 Å². The summed E-state index contributed by atoms with van der Waals surface area (Å²) in [6.45, 7) is 0. The molecule has 1 amide bonds. The minimum atomic E-state index is -0.537. The smallest absolute Gasteiger partial charge is 0.277 e. The third-order valence-corrected chi connectivity index (χ3v) is 3.65. The average molecular weight is 317 g/mol. The van der Waals surface area contributed by atoms with Gasteiger partial charge in [-0.2, -0.15) is 5.10 Å². The number of fused-ring (bicyclic) bond motifs is 1. The Hall–Kier alpha value is -3.14. The molecule has 0 saturated carbocycles. The maximum atomic E-state index is 11.9. The average Bonchev–Trinajstić information content (AvgIpc) is 2.88. The number of nitro groups is 1. The fourth-order valence-corrected chi connectivity index (χ4v) is 2.61. The highest BCUT2D eigenvalue weighted by Gasteiger charge is 2.13. The summed E-state index contributed by atoms with van der Waals surface area (Å²) in [6, 6.07) is 6.71. The summed E-state index contributed by atoms with van der Waals surface area (Å²) in [5.74, 6) is -0.537. The van der Waals surface area contributed by atoms with Crippen LogP contribution < -0.4 is 10.9 Å². The van der Waals surface area contributed by atoms with E-state index in [4.69, 9.17) is 0 Å². The minimum Gasteiger partial charge on any atom is -0.296 e. The lowest BCUT2D eigenvalue weighted by atomic mass is 10.3. The van der Waals surface area contributed by atoms with Crippen molar-refractivity contribution in [3.63, 3.8) is 0 Å². The van der Waals surface area contributed by atoms with Crippen molar-refractivity contribution in [1.82, 2.24) is 15.2 Å². The summed E-state index contributed by atoms with van der Waals surface area (Å²) in [5, 5.41) is 19.3. The van der Waals surface area contributed by atoms with Crippen molar-refractivity contribution in [2.75, 3.05) is 5.32 Å². The zero-order valence-corrected chi connectivity index (χ0v) is 11.6. The first kappa shape index (κ1) is 13.8. The first-order valence-corrected chi connectivity index (χ1v) is 6.76. The highest BCUT2D eigenvalue weighted by molar-refractivity contribution is 7.22. The topological polar surface area (TPSA) is 131 Å². The molecule has 0 atom stereocenters. The van der Waals surface area contributed by atoms with Crippen LogP contribution in [0.15, 0.2) is 35.1 Å². The van der Waals surface area contributed by atoms with E-state index in [1.807, 2.05) is 0 Å². The molecule has 0 aliphatic rings. The number of nitro benzene ring substituents is 1. The first-order chi connectivity index (χ1) is 10.5. The van der Waals surface area contributed by atoms with Crippen molar-refractivity contribution in [3.05, 3.63) is 56.5 Å². The molecule has 22 heavy (non-hydrogen) atoms. The minimum absolute atomic E-state index is 0.0323. The lowest BCUT2D eigenvalue weighted by molar-refractivity contribution is -0.384. The fourth-order valence-electron chi connectivity index (χ4n) is 1.71.